The van der Waals surface area contributed by atoms with Gasteiger partial charge in [-0.15, -0.1) is 0 Å². The van der Waals surface area contributed by atoms with Gasteiger partial charge in [-0.25, -0.2) is 9.78 Å². The molecule has 0 fully saturated rings. The summed E-state index contributed by atoms with van der Waals surface area (Å²) in [4.78, 5) is 28.2. The molecule has 0 unspecified atom stereocenters. The zero-order valence-electron chi connectivity index (χ0n) is 10.1. The van der Waals surface area contributed by atoms with Gasteiger partial charge in [0.15, 0.2) is 11.2 Å². The lowest BCUT2D eigenvalue weighted by molar-refractivity contribution is 0.651. The zero-order valence-corrected chi connectivity index (χ0v) is 10.1. The van der Waals surface area contributed by atoms with E-state index in [0.717, 1.165) is 4.57 Å². The van der Waals surface area contributed by atoms with E-state index < -0.39 is 0 Å². The van der Waals surface area contributed by atoms with Crippen molar-refractivity contribution < 1.29 is 0 Å². The number of rotatable bonds is 2. The summed E-state index contributed by atoms with van der Waals surface area (Å²) in [5.74, 6) is 0.588. The van der Waals surface area contributed by atoms with E-state index in [2.05, 4.69) is 4.98 Å². The van der Waals surface area contributed by atoms with Crippen molar-refractivity contribution >= 4 is 11.2 Å². The summed E-state index contributed by atoms with van der Waals surface area (Å²) >= 11 is 0. The van der Waals surface area contributed by atoms with Crippen molar-refractivity contribution in [2.75, 3.05) is 0 Å². The third-order valence-corrected chi connectivity index (χ3v) is 2.95. The van der Waals surface area contributed by atoms with Gasteiger partial charge in [-0.3, -0.25) is 13.9 Å². The smallest absolute Gasteiger partial charge is 0.324 e. The van der Waals surface area contributed by atoms with Crippen LogP contribution < -0.4 is 17.0 Å². The van der Waals surface area contributed by atoms with Gasteiger partial charge in [0, 0.05) is 20.6 Å². The molecule has 2 heterocycles. The van der Waals surface area contributed by atoms with E-state index in [0.29, 0.717) is 23.5 Å². The average Bonchev–Trinajstić information content (AvgIpc) is 2.64. The normalized spacial score (nSPS) is 11.3. The molecule has 2 N–H and O–H groups in total. The predicted molar refractivity (Wildman–Crippen MR) is 63.8 cm³/mol. The van der Waals surface area contributed by atoms with Crippen LogP contribution in [0.15, 0.2) is 9.59 Å². The summed E-state index contributed by atoms with van der Waals surface area (Å²) in [6.45, 7) is 2.53. The molecule has 7 nitrogen and oxygen atoms in total. The first kappa shape index (κ1) is 11.6. The SMILES string of the molecule is CCn1c(=O)n(C)c(=O)c2c1nc(CN)n2C. The lowest BCUT2D eigenvalue weighted by atomic mass is 10.5. The highest BCUT2D eigenvalue weighted by Gasteiger charge is 2.16. The summed E-state index contributed by atoms with van der Waals surface area (Å²) in [5.41, 5.74) is 5.67. The van der Waals surface area contributed by atoms with Gasteiger partial charge in [0.05, 0.1) is 6.54 Å². The second-order valence-electron chi connectivity index (χ2n) is 3.85. The Hall–Kier alpha value is -1.89. The van der Waals surface area contributed by atoms with E-state index in [9.17, 15) is 9.59 Å². The van der Waals surface area contributed by atoms with Gasteiger partial charge in [0.1, 0.15) is 5.82 Å². The van der Waals surface area contributed by atoms with E-state index in [-0.39, 0.29) is 17.8 Å². The Morgan fingerprint density at radius 2 is 1.88 bits per heavy atom. The Balaban J connectivity index is 3.10. The quantitative estimate of drug-likeness (QED) is 0.719. The highest BCUT2D eigenvalue weighted by atomic mass is 16.2. The topological polar surface area (TPSA) is 87.8 Å². The molecule has 0 aliphatic carbocycles. The predicted octanol–water partition coefficient (Wildman–Crippen LogP) is -1.09. The molecule has 0 radical (unpaired) electrons. The maximum Gasteiger partial charge on any atom is 0.332 e. The molecule has 17 heavy (non-hydrogen) atoms. The Bertz CT molecular complexity index is 691. The number of nitrogens with zero attached hydrogens (tertiary/aromatic N) is 4. The third kappa shape index (κ3) is 1.42. The average molecular weight is 237 g/mol. The molecule has 2 rings (SSSR count). The number of fused-ring (bicyclic) bond motifs is 1. The molecule has 0 saturated carbocycles. The van der Waals surface area contributed by atoms with E-state index in [4.69, 9.17) is 5.73 Å². The van der Waals surface area contributed by atoms with Crippen LogP contribution in [0.5, 0.6) is 0 Å². The van der Waals surface area contributed by atoms with Gasteiger partial charge < -0.3 is 10.3 Å². The minimum atomic E-state index is -0.355. The lowest BCUT2D eigenvalue weighted by Gasteiger charge is -2.05. The second-order valence-corrected chi connectivity index (χ2v) is 3.85. The van der Waals surface area contributed by atoms with Gasteiger partial charge in [0.25, 0.3) is 5.56 Å². The fourth-order valence-electron chi connectivity index (χ4n) is 1.94. The molecule has 0 aliphatic heterocycles. The highest BCUT2D eigenvalue weighted by molar-refractivity contribution is 5.70. The first-order valence-electron chi connectivity index (χ1n) is 5.38. The van der Waals surface area contributed by atoms with Gasteiger partial charge in [-0.05, 0) is 6.92 Å². The van der Waals surface area contributed by atoms with E-state index in [1.807, 2.05) is 6.92 Å². The van der Waals surface area contributed by atoms with Crippen LogP contribution in [-0.2, 0) is 27.2 Å². The Kier molecular flexibility index (Phi) is 2.62. The number of hydrogen-bond acceptors (Lipinski definition) is 4. The Labute approximate surface area is 97.1 Å². The first-order valence-corrected chi connectivity index (χ1v) is 5.38. The van der Waals surface area contributed by atoms with Gasteiger partial charge in [-0.1, -0.05) is 0 Å². The number of imidazole rings is 1. The number of aromatic nitrogens is 4. The van der Waals surface area contributed by atoms with Crippen LogP contribution in [0.25, 0.3) is 11.2 Å². The van der Waals surface area contributed by atoms with Crippen molar-refractivity contribution in [2.45, 2.75) is 20.0 Å². The van der Waals surface area contributed by atoms with Crippen LogP contribution >= 0.6 is 0 Å². The second kappa shape index (κ2) is 3.85. The van der Waals surface area contributed by atoms with Gasteiger partial charge >= 0.3 is 5.69 Å². The minimum Gasteiger partial charge on any atom is -0.324 e. The maximum absolute atomic E-state index is 12.0. The molecule has 0 bridgehead atoms. The van der Waals surface area contributed by atoms with Crippen molar-refractivity contribution in [1.29, 1.82) is 0 Å². The monoisotopic (exact) mass is 237 g/mol. The molecular weight excluding hydrogens is 222 g/mol. The van der Waals surface area contributed by atoms with Crippen molar-refractivity contribution in [3.05, 3.63) is 26.7 Å². The first-order chi connectivity index (χ1) is 8.02. The third-order valence-electron chi connectivity index (χ3n) is 2.95. The highest BCUT2D eigenvalue weighted by Crippen LogP contribution is 2.08. The van der Waals surface area contributed by atoms with Crippen molar-refractivity contribution in [2.24, 2.45) is 19.8 Å². The number of aryl methyl sites for hydroxylation is 2. The fraction of sp³-hybridized carbons (Fsp3) is 0.500. The van der Waals surface area contributed by atoms with E-state index in [1.165, 1.54) is 11.6 Å². The van der Waals surface area contributed by atoms with Crippen molar-refractivity contribution in [1.82, 2.24) is 18.7 Å². The summed E-state index contributed by atoms with van der Waals surface area (Å²) in [7, 11) is 3.19. The zero-order chi connectivity index (χ0) is 12.7. The van der Waals surface area contributed by atoms with E-state index in [1.54, 1.807) is 11.6 Å². The summed E-state index contributed by atoms with van der Waals surface area (Å²) in [6, 6.07) is 0. The minimum absolute atomic E-state index is 0.228. The van der Waals surface area contributed by atoms with Gasteiger partial charge in [-0.2, -0.15) is 0 Å². The molecule has 0 saturated heterocycles. The van der Waals surface area contributed by atoms with Crippen LogP contribution in [0.4, 0.5) is 0 Å². The van der Waals surface area contributed by atoms with Crippen LogP contribution in [0.1, 0.15) is 12.7 Å². The Morgan fingerprint density at radius 1 is 1.24 bits per heavy atom. The number of hydrogen-bond donors (Lipinski definition) is 1. The largest absolute Gasteiger partial charge is 0.332 e. The number of nitrogens with two attached hydrogens (primary N) is 1. The molecule has 0 atom stereocenters. The molecule has 0 spiro atoms. The maximum atomic E-state index is 12.0. The molecule has 2 aromatic rings. The van der Waals surface area contributed by atoms with Crippen LogP contribution in [-0.4, -0.2) is 18.7 Å². The Morgan fingerprint density at radius 3 is 2.41 bits per heavy atom. The van der Waals surface area contributed by atoms with Crippen LogP contribution in [0.3, 0.4) is 0 Å². The lowest BCUT2D eigenvalue weighted by Crippen LogP contribution is -2.38. The van der Waals surface area contributed by atoms with Gasteiger partial charge in [0.2, 0.25) is 0 Å². The van der Waals surface area contributed by atoms with E-state index >= 15 is 0 Å². The molecule has 0 amide bonds. The summed E-state index contributed by atoms with van der Waals surface area (Å²) < 4.78 is 4.20. The summed E-state index contributed by atoms with van der Waals surface area (Å²) in [5, 5.41) is 0. The molecule has 0 aromatic carbocycles. The fourth-order valence-corrected chi connectivity index (χ4v) is 1.94. The molecule has 7 heteroatoms. The molecule has 0 aliphatic rings. The molecule has 92 valence electrons. The van der Waals surface area contributed by atoms with Crippen LogP contribution in [0, 0.1) is 0 Å². The van der Waals surface area contributed by atoms with Crippen molar-refractivity contribution in [3.8, 4) is 0 Å². The van der Waals surface area contributed by atoms with Crippen LogP contribution in [0.2, 0.25) is 0 Å². The molecule has 2 aromatic heterocycles. The molecular formula is C10H15N5O2. The van der Waals surface area contributed by atoms with Crippen molar-refractivity contribution in [3.63, 3.8) is 0 Å². The summed E-state index contributed by atoms with van der Waals surface area (Å²) in [6.07, 6.45) is 0. The standard InChI is InChI=1S/C10H15N5O2/c1-4-15-8-7(9(16)14(3)10(15)17)13(2)6(5-11)12-8/h4-5,11H2,1-3H3.